The second kappa shape index (κ2) is 8.26. The van der Waals surface area contributed by atoms with Crippen LogP contribution in [-0.2, 0) is 0 Å². The summed E-state index contributed by atoms with van der Waals surface area (Å²) in [7, 11) is 0. The molecule has 0 aliphatic rings. The number of carbonyl (C=O) groups excluding carboxylic acids is 3. The highest BCUT2D eigenvalue weighted by Crippen LogP contribution is 2.15. The molecule has 3 rings (SSSR count). The van der Waals surface area contributed by atoms with Crippen molar-refractivity contribution in [1.29, 1.82) is 0 Å². The smallest absolute Gasteiger partial charge is 0.257 e. The van der Waals surface area contributed by atoms with Gasteiger partial charge in [0.1, 0.15) is 0 Å². The molecule has 2 amide bonds. The number of hydrogen-bond donors (Lipinski definition) is 2. The molecule has 0 bridgehead atoms. The van der Waals surface area contributed by atoms with E-state index in [4.69, 9.17) is 0 Å². The zero-order valence-electron chi connectivity index (χ0n) is 15.5. The first-order valence-electron chi connectivity index (χ1n) is 8.68. The minimum atomic E-state index is -0.418. The minimum absolute atomic E-state index is 0.0902. The quantitative estimate of drug-likeness (QED) is 0.659. The lowest BCUT2D eigenvalue weighted by atomic mass is 10.1. The number of rotatable bonds is 5. The highest BCUT2D eigenvalue weighted by molar-refractivity contribution is 6.08. The summed E-state index contributed by atoms with van der Waals surface area (Å²) in [4.78, 5) is 40.4. The molecule has 6 nitrogen and oxygen atoms in total. The molecule has 0 spiro atoms. The third-order valence-corrected chi connectivity index (χ3v) is 4.07. The summed E-state index contributed by atoms with van der Waals surface area (Å²) in [5, 5.41) is 5.50. The highest BCUT2D eigenvalue weighted by Gasteiger charge is 2.12. The molecule has 2 aromatic carbocycles. The molecule has 0 saturated carbocycles. The van der Waals surface area contributed by atoms with Gasteiger partial charge in [0, 0.05) is 29.3 Å². The van der Waals surface area contributed by atoms with Gasteiger partial charge in [-0.2, -0.15) is 0 Å². The van der Waals surface area contributed by atoms with Crippen LogP contribution in [0, 0.1) is 6.92 Å². The van der Waals surface area contributed by atoms with Crippen LogP contribution < -0.4 is 10.6 Å². The van der Waals surface area contributed by atoms with Gasteiger partial charge in [-0.05, 0) is 49.7 Å². The molecule has 1 aromatic heterocycles. The zero-order valence-corrected chi connectivity index (χ0v) is 15.5. The Kier molecular flexibility index (Phi) is 5.60. The van der Waals surface area contributed by atoms with Crippen LogP contribution in [0.3, 0.4) is 0 Å². The van der Waals surface area contributed by atoms with Crippen molar-refractivity contribution in [3.63, 3.8) is 0 Å². The van der Waals surface area contributed by atoms with Gasteiger partial charge in [-0.1, -0.05) is 24.3 Å². The van der Waals surface area contributed by atoms with Crippen LogP contribution in [0.1, 0.15) is 43.6 Å². The van der Waals surface area contributed by atoms with Crippen molar-refractivity contribution in [2.45, 2.75) is 13.8 Å². The topological polar surface area (TPSA) is 88.2 Å². The van der Waals surface area contributed by atoms with Crippen molar-refractivity contribution in [2.75, 3.05) is 10.6 Å². The highest BCUT2D eigenvalue weighted by atomic mass is 16.2. The van der Waals surface area contributed by atoms with Gasteiger partial charge < -0.3 is 10.6 Å². The van der Waals surface area contributed by atoms with Crippen LogP contribution in [0.4, 0.5) is 11.4 Å². The molecule has 0 fully saturated rings. The lowest BCUT2D eigenvalue weighted by Gasteiger charge is -2.09. The number of benzene rings is 2. The number of pyridine rings is 1. The van der Waals surface area contributed by atoms with E-state index in [0.717, 1.165) is 5.56 Å². The molecule has 0 unspecified atom stereocenters. The first-order chi connectivity index (χ1) is 13.4. The number of nitrogens with one attached hydrogen (secondary N) is 2. The maximum atomic E-state index is 12.5. The third-order valence-electron chi connectivity index (χ3n) is 4.07. The van der Waals surface area contributed by atoms with Gasteiger partial charge in [0.15, 0.2) is 5.78 Å². The number of aromatic nitrogens is 1. The van der Waals surface area contributed by atoms with Crippen LogP contribution in [0.2, 0.25) is 0 Å². The molecule has 2 N–H and O–H groups in total. The monoisotopic (exact) mass is 373 g/mol. The van der Waals surface area contributed by atoms with E-state index in [1.54, 1.807) is 30.3 Å². The Labute approximate surface area is 162 Å². The molecular weight excluding hydrogens is 354 g/mol. The summed E-state index contributed by atoms with van der Waals surface area (Å²) in [5.41, 5.74) is 3.20. The van der Waals surface area contributed by atoms with Crippen molar-refractivity contribution >= 4 is 29.0 Å². The summed E-state index contributed by atoms with van der Waals surface area (Å²) in [6, 6.07) is 15.6. The summed E-state index contributed by atoms with van der Waals surface area (Å²) in [6.07, 6.45) is 2.78. The lowest BCUT2D eigenvalue weighted by molar-refractivity contribution is 0.100. The molecule has 3 aromatic rings. The Balaban J connectivity index is 1.75. The van der Waals surface area contributed by atoms with Crippen LogP contribution in [0.25, 0.3) is 0 Å². The molecule has 0 atom stereocenters. The number of anilines is 2. The van der Waals surface area contributed by atoms with Crippen LogP contribution >= 0.6 is 0 Å². The molecule has 0 radical (unpaired) electrons. The van der Waals surface area contributed by atoms with Crippen molar-refractivity contribution < 1.29 is 14.4 Å². The Morgan fingerprint density at radius 1 is 0.750 bits per heavy atom. The molecule has 1 heterocycles. The number of Topliss-reactive ketones (excluding diaryl/α,β-unsaturated/α-hetero) is 1. The predicted octanol–water partition coefficient (Wildman–Crippen LogP) is 4.10. The summed E-state index contributed by atoms with van der Waals surface area (Å²) >= 11 is 0. The summed E-state index contributed by atoms with van der Waals surface area (Å²) in [5.74, 6) is -0.864. The van der Waals surface area contributed by atoms with E-state index in [9.17, 15) is 14.4 Å². The van der Waals surface area contributed by atoms with Crippen LogP contribution in [0.5, 0.6) is 0 Å². The van der Waals surface area contributed by atoms with E-state index in [1.165, 1.54) is 25.4 Å². The summed E-state index contributed by atoms with van der Waals surface area (Å²) < 4.78 is 0. The van der Waals surface area contributed by atoms with E-state index >= 15 is 0 Å². The first-order valence-corrected chi connectivity index (χ1v) is 8.68. The fourth-order valence-corrected chi connectivity index (χ4v) is 2.63. The average Bonchev–Trinajstić information content (AvgIpc) is 2.68. The van der Waals surface area contributed by atoms with Gasteiger partial charge in [-0.3, -0.25) is 19.4 Å². The Bertz CT molecular complexity index is 1060. The average molecular weight is 373 g/mol. The zero-order chi connectivity index (χ0) is 20.1. The number of aryl methyl sites for hydroxylation is 1. The second-order valence-electron chi connectivity index (χ2n) is 6.38. The number of hydrogen-bond acceptors (Lipinski definition) is 4. The predicted molar refractivity (Wildman–Crippen MR) is 108 cm³/mol. The Morgan fingerprint density at radius 2 is 1.32 bits per heavy atom. The van der Waals surface area contributed by atoms with Gasteiger partial charge in [0.2, 0.25) is 0 Å². The van der Waals surface area contributed by atoms with E-state index in [1.807, 2.05) is 25.1 Å². The fraction of sp³-hybridized carbons (Fsp3) is 0.0909. The molecule has 28 heavy (non-hydrogen) atoms. The van der Waals surface area contributed by atoms with Crippen molar-refractivity contribution in [3.8, 4) is 0 Å². The van der Waals surface area contributed by atoms with Crippen molar-refractivity contribution in [2.24, 2.45) is 0 Å². The number of amides is 2. The second-order valence-corrected chi connectivity index (χ2v) is 6.38. The largest absolute Gasteiger partial charge is 0.322 e. The summed E-state index contributed by atoms with van der Waals surface area (Å²) in [6.45, 7) is 3.39. The minimum Gasteiger partial charge on any atom is -0.322 e. The fourth-order valence-electron chi connectivity index (χ4n) is 2.63. The van der Waals surface area contributed by atoms with Crippen LogP contribution in [-0.4, -0.2) is 22.6 Å². The van der Waals surface area contributed by atoms with E-state index in [2.05, 4.69) is 15.6 Å². The Hall–Kier alpha value is -3.80. The van der Waals surface area contributed by atoms with Crippen LogP contribution in [0.15, 0.2) is 67.0 Å². The van der Waals surface area contributed by atoms with E-state index < -0.39 is 5.91 Å². The molecule has 0 saturated heterocycles. The van der Waals surface area contributed by atoms with Gasteiger partial charge in [-0.15, -0.1) is 0 Å². The van der Waals surface area contributed by atoms with Crippen molar-refractivity contribution in [3.05, 3.63) is 89.2 Å². The normalized spacial score (nSPS) is 10.2. The van der Waals surface area contributed by atoms with Gasteiger partial charge in [-0.25, -0.2) is 0 Å². The van der Waals surface area contributed by atoms with E-state index in [0.29, 0.717) is 16.9 Å². The molecule has 0 aliphatic heterocycles. The molecule has 6 heteroatoms. The number of carbonyl (C=O) groups is 3. The first kappa shape index (κ1) is 19.0. The molecule has 140 valence electrons. The van der Waals surface area contributed by atoms with E-state index in [-0.39, 0.29) is 22.8 Å². The van der Waals surface area contributed by atoms with Gasteiger partial charge in [0.25, 0.3) is 11.8 Å². The van der Waals surface area contributed by atoms with Gasteiger partial charge in [0.05, 0.1) is 11.1 Å². The maximum absolute atomic E-state index is 12.5. The SMILES string of the molecule is CC(=O)c1cccc(NC(=O)c2cncc(C(=O)Nc3cccc(C)c3)c2)c1. The Morgan fingerprint density at radius 3 is 1.89 bits per heavy atom. The standard InChI is InChI=1S/C22H19N3O3/c1-14-5-3-7-19(9-14)24-21(27)17-10-18(13-23-12-17)22(28)25-20-8-4-6-16(11-20)15(2)26/h3-13H,1-2H3,(H,24,27)(H,25,28). The lowest BCUT2D eigenvalue weighted by Crippen LogP contribution is -2.16. The maximum Gasteiger partial charge on any atom is 0.257 e. The van der Waals surface area contributed by atoms with Crippen molar-refractivity contribution in [1.82, 2.24) is 4.98 Å². The number of ketones is 1. The number of nitrogens with zero attached hydrogens (tertiary/aromatic N) is 1. The van der Waals surface area contributed by atoms with Gasteiger partial charge >= 0.3 is 0 Å². The molecule has 0 aliphatic carbocycles. The third kappa shape index (κ3) is 4.67. The molecular formula is C22H19N3O3.